The average molecular weight is 411 g/mol. The Balaban J connectivity index is 1.56. The van der Waals surface area contributed by atoms with Crippen molar-refractivity contribution >= 4 is 11.6 Å². The maximum absolute atomic E-state index is 13.3. The van der Waals surface area contributed by atoms with Gasteiger partial charge in [0.2, 0.25) is 5.91 Å². The van der Waals surface area contributed by atoms with Crippen LogP contribution in [0.15, 0.2) is 72.8 Å². The molecule has 1 fully saturated rings. The zero-order valence-electron chi connectivity index (χ0n) is 16.0. The van der Waals surface area contributed by atoms with Crippen LogP contribution in [0.25, 0.3) is 0 Å². The summed E-state index contributed by atoms with van der Waals surface area (Å²) >= 11 is 0. The monoisotopic (exact) mass is 411 g/mol. The van der Waals surface area contributed by atoms with Gasteiger partial charge in [0.05, 0.1) is 18.1 Å². The zero-order valence-corrected chi connectivity index (χ0v) is 16.0. The van der Waals surface area contributed by atoms with Crippen molar-refractivity contribution < 1.29 is 23.1 Å². The highest BCUT2D eigenvalue weighted by Gasteiger charge is 2.48. The number of anilines is 1. The van der Waals surface area contributed by atoms with Crippen molar-refractivity contribution in [3.05, 3.63) is 101 Å². The molecular weight excluding hydrogens is 391 g/mol. The first-order valence-electron chi connectivity index (χ1n) is 9.71. The molecule has 0 aromatic heterocycles. The zero-order chi connectivity index (χ0) is 21.3. The van der Waals surface area contributed by atoms with Crippen LogP contribution in [0.3, 0.4) is 0 Å². The highest BCUT2D eigenvalue weighted by Crippen LogP contribution is 2.42. The molecule has 3 nitrogen and oxygen atoms in total. The quantitative estimate of drug-likeness (QED) is 0.572. The minimum Gasteiger partial charge on any atom is -0.388 e. The van der Waals surface area contributed by atoms with Crippen molar-refractivity contribution in [2.24, 2.45) is 0 Å². The fourth-order valence-electron chi connectivity index (χ4n) is 3.98. The summed E-state index contributed by atoms with van der Waals surface area (Å²) < 4.78 is 39.8. The van der Waals surface area contributed by atoms with E-state index in [1.165, 1.54) is 60.7 Å². The molecule has 1 amide bonds. The SMILES string of the molecule is O=C1[C@H](c2ccc(F)cc2)[C@H](CC[C@H](O)c2ccc(F)cc2)N1c1ccc(F)cc1. The number of hydrogen-bond acceptors (Lipinski definition) is 2. The summed E-state index contributed by atoms with van der Waals surface area (Å²) in [6.45, 7) is 0. The summed E-state index contributed by atoms with van der Waals surface area (Å²) in [6.07, 6.45) is -0.00639. The summed E-state index contributed by atoms with van der Waals surface area (Å²) in [5, 5.41) is 10.5. The molecule has 3 aromatic carbocycles. The standard InChI is InChI=1S/C24H20F3NO2/c25-17-5-1-15(2-6-17)22(29)14-13-21-23(16-3-7-18(26)8-4-16)24(30)28(21)20-11-9-19(27)10-12-20/h1-12,21-23,29H,13-14H2/t21-,22-,23+/m0/s1. The van der Waals surface area contributed by atoms with Gasteiger partial charge in [-0.25, -0.2) is 13.2 Å². The van der Waals surface area contributed by atoms with Crippen LogP contribution in [0, 0.1) is 17.5 Å². The van der Waals surface area contributed by atoms with E-state index in [0.717, 1.165) is 0 Å². The van der Waals surface area contributed by atoms with Crippen LogP contribution in [0.2, 0.25) is 0 Å². The number of hydrogen-bond donors (Lipinski definition) is 1. The largest absolute Gasteiger partial charge is 0.388 e. The lowest BCUT2D eigenvalue weighted by molar-refractivity contribution is -0.126. The number of aliphatic hydroxyl groups excluding tert-OH is 1. The van der Waals surface area contributed by atoms with Crippen LogP contribution in [0.5, 0.6) is 0 Å². The Morgan fingerprint density at radius 2 is 1.30 bits per heavy atom. The van der Waals surface area contributed by atoms with Gasteiger partial charge >= 0.3 is 0 Å². The summed E-state index contributed by atoms with van der Waals surface area (Å²) in [6, 6.07) is 16.8. The topological polar surface area (TPSA) is 40.5 Å². The van der Waals surface area contributed by atoms with E-state index in [-0.39, 0.29) is 23.6 Å². The van der Waals surface area contributed by atoms with Crippen LogP contribution in [-0.4, -0.2) is 17.1 Å². The van der Waals surface area contributed by atoms with Crippen LogP contribution in [0.1, 0.15) is 36.0 Å². The third-order valence-corrected chi connectivity index (χ3v) is 5.54. The molecule has 0 bridgehead atoms. The second-order valence-corrected chi connectivity index (χ2v) is 7.43. The van der Waals surface area contributed by atoms with Gasteiger partial charge in [0.15, 0.2) is 0 Å². The first kappa shape index (κ1) is 20.2. The predicted molar refractivity (Wildman–Crippen MR) is 107 cm³/mol. The van der Waals surface area contributed by atoms with Gasteiger partial charge in [-0.3, -0.25) is 4.79 Å². The maximum atomic E-state index is 13.3. The van der Waals surface area contributed by atoms with Gasteiger partial charge < -0.3 is 10.0 Å². The van der Waals surface area contributed by atoms with E-state index in [1.807, 2.05) is 0 Å². The molecular formula is C24H20F3NO2. The number of benzene rings is 3. The number of amides is 1. The molecule has 0 unspecified atom stereocenters. The Kier molecular flexibility index (Phi) is 5.59. The van der Waals surface area contributed by atoms with Gasteiger partial charge in [0.1, 0.15) is 17.5 Å². The van der Waals surface area contributed by atoms with E-state index in [9.17, 15) is 23.1 Å². The van der Waals surface area contributed by atoms with Crippen LogP contribution >= 0.6 is 0 Å². The Hall–Kier alpha value is -3.12. The number of rotatable bonds is 6. The first-order chi connectivity index (χ1) is 14.4. The summed E-state index contributed by atoms with van der Waals surface area (Å²) in [4.78, 5) is 14.5. The number of nitrogens with zero attached hydrogens (tertiary/aromatic N) is 1. The number of halogens is 3. The normalized spacial score (nSPS) is 19.5. The van der Waals surface area contributed by atoms with Crippen LogP contribution < -0.4 is 4.90 Å². The molecule has 1 N–H and O–H groups in total. The van der Waals surface area contributed by atoms with Gasteiger partial charge in [0, 0.05) is 5.69 Å². The van der Waals surface area contributed by atoms with Crippen LogP contribution in [0.4, 0.5) is 18.9 Å². The number of β-lactam (4-membered cyclic amide) rings is 1. The van der Waals surface area contributed by atoms with E-state index >= 15 is 0 Å². The fourth-order valence-corrected chi connectivity index (χ4v) is 3.98. The van der Waals surface area contributed by atoms with Gasteiger partial charge in [-0.05, 0) is 72.5 Å². The number of aliphatic hydroxyl groups is 1. The first-order valence-corrected chi connectivity index (χ1v) is 9.71. The molecule has 0 radical (unpaired) electrons. The number of carbonyl (C=O) groups excluding carboxylic acids is 1. The Bertz CT molecular complexity index is 964. The highest BCUT2D eigenvalue weighted by atomic mass is 19.1. The number of carbonyl (C=O) groups is 1. The van der Waals surface area contributed by atoms with Crippen molar-refractivity contribution in [3.8, 4) is 0 Å². The summed E-state index contributed by atoms with van der Waals surface area (Å²) in [5.74, 6) is -1.80. The fraction of sp³-hybridized carbons (Fsp3) is 0.208. The molecule has 0 spiro atoms. The van der Waals surface area contributed by atoms with Crippen molar-refractivity contribution in [1.82, 2.24) is 0 Å². The molecule has 6 heteroatoms. The average Bonchev–Trinajstić information content (AvgIpc) is 2.74. The van der Waals surface area contributed by atoms with Crippen molar-refractivity contribution in [2.75, 3.05) is 4.90 Å². The molecule has 154 valence electrons. The highest BCUT2D eigenvalue weighted by molar-refractivity contribution is 6.06. The van der Waals surface area contributed by atoms with Crippen molar-refractivity contribution in [3.63, 3.8) is 0 Å². The minimum absolute atomic E-state index is 0.158. The van der Waals surface area contributed by atoms with Gasteiger partial charge in [-0.15, -0.1) is 0 Å². The molecule has 30 heavy (non-hydrogen) atoms. The molecule has 0 saturated carbocycles. The van der Waals surface area contributed by atoms with E-state index in [0.29, 0.717) is 29.7 Å². The smallest absolute Gasteiger partial charge is 0.236 e. The lowest BCUT2D eigenvalue weighted by atomic mass is 9.78. The molecule has 1 aliphatic heterocycles. The molecule has 1 saturated heterocycles. The van der Waals surface area contributed by atoms with Gasteiger partial charge in [-0.1, -0.05) is 24.3 Å². The molecule has 3 aromatic rings. The van der Waals surface area contributed by atoms with Crippen LogP contribution in [-0.2, 0) is 4.79 Å². The Morgan fingerprint density at radius 3 is 1.87 bits per heavy atom. The Morgan fingerprint density at radius 1 is 0.800 bits per heavy atom. The van der Waals surface area contributed by atoms with Gasteiger partial charge in [-0.2, -0.15) is 0 Å². The predicted octanol–water partition coefficient (Wildman–Crippen LogP) is 5.12. The van der Waals surface area contributed by atoms with E-state index < -0.39 is 17.8 Å². The molecule has 1 aliphatic rings. The van der Waals surface area contributed by atoms with E-state index in [2.05, 4.69) is 0 Å². The Labute approximate surface area is 172 Å². The molecule has 4 rings (SSSR count). The maximum Gasteiger partial charge on any atom is 0.236 e. The summed E-state index contributed by atoms with van der Waals surface area (Å²) in [5.41, 5.74) is 1.86. The van der Waals surface area contributed by atoms with Crippen molar-refractivity contribution in [2.45, 2.75) is 30.9 Å². The molecule has 0 aliphatic carbocycles. The minimum atomic E-state index is -0.815. The molecule has 1 heterocycles. The van der Waals surface area contributed by atoms with E-state index in [4.69, 9.17) is 0 Å². The second-order valence-electron chi connectivity index (χ2n) is 7.43. The third kappa shape index (κ3) is 3.96. The third-order valence-electron chi connectivity index (χ3n) is 5.54. The molecule has 3 atom stereocenters. The van der Waals surface area contributed by atoms with Gasteiger partial charge in [0.25, 0.3) is 0 Å². The lowest BCUT2D eigenvalue weighted by Gasteiger charge is -2.48. The lowest BCUT2D eigenvalue weighted by Crippen LogP contribution is -2.59. The summed E-state index contributed by atoms with van der Waals surface area (Å²) in [7, 11) is 0. The van der Waals surface area contributed by atoms with E-state index in [1.54, 1.807) is 17.0 Å². The van der Waals surface area contributed by atoms with Crippen molar-refractivity contribution in [1.29, 1.82) is 0 Å². The second kappa shape index (κ2) is 8.32.